The standard InChI is InChI=1S/C18H18N2O3S/c1-12-6-7-16(23-3)17(11-12)24(21,22)20-15-10-13(2)9-14-5-4-8-19-18(14)15/h4-11,20H,1-3H3. The Labute approximate surface area is 141 Å². The molecule has 3 aromatic rings. The first-order valence-corrected chi connectivity index (χ1v) is 8.92. The van der Waals surface area contributed by atoms with Gasteiger partial charge in [0, 0.05) is 11.6 Å². The summed E-state index contributed by atoms with van der Waals surface area (Å²) in [6.45, 7) is 3.75. The van der Waals surface area contributed by atoms with Crippen LogP contribution in [-0.2, 0) is 10.0 Å². The van der Waals surface area contributed by atoms with E-state index in [0.717, 1.165) is 16.5 Å². The smallest absolute Gasteiger partial charge is 0.265 e. The van der Waals surface area contributed by atoms with Gasteiger partial charge in [-0.1, -0.05) is 12.1 Å². The third-order valence-electron chi connectivity index (χ3n) is 3.70. The molecule has 24 heavy (non-hydrogen) atoms. The number of nitrogens with one attached hydrogen (secondary N) is 1. The van der Waals surface area contributed by atoms with E-state index in [1.54, 1.807) is 24.4 Å². The van der Waals surface area contributed by atoms with Crippen molar-refractivity contribution in [1.29, 1.82) is 0 Å². The van der Waals surface area contributed by atoms with E-state index in [9.17, 15) is 8.42 Å². The molecule has 0 spiro atoms. The van der Waals surface area contributed by atoms with Gasteiger partial charge < -0.3 is 4.74 Å². The summed E-state index contributed by atoms with van der Waals surface area (Å²) in [4.78, 5) is 4.41. The van der Waals surface area contributed by atoms with Crippen molar-refractivity contribution >= 4 is 26.6 Å². The largest absolute Gasteiger partial charge is 0.495 e. The highest BCUT2D eigenvalue weighted by molar-refractivity contribution is 7.92. The zero-order chi connectivity index (χ0) is 17.3. The van der Waals surface area contributed by atoms with Gasteiger partial charge in [0.1, 0.15) is 10.6 Å². The maximum Gasteiger partial charge on any atom is 0.265 e. The van der Waals surface area contributed by atoms with Crippen molar-refractivity contribution in [2.45, 2.75) is 18.7 Å². The van der Waals surface area contributed by atoms with Crippen molar-refractivity contribution in [2.24, 2.45) is 0 Å². The molecular formula is C18H18N2O3S. The van der Waals surface area contributed by atoms with Crippen molar-refractivity contribution in [3.05, 3.63) is 59.8 Å². The van der Waals surface area contributed by atoms with Crippen LogP contribution in [0.25, 0.3) is 10.9 Å². The highest BCUT2D eigenvalue weighted by Crippen LogP contribution is 2.29. The molecule has 0 fully saturated rings. The molecule has 0 amide bonds. The Morgan fingerprint density at radius 1 is 1.04 bits per heavy atom. The maximum absolute atomic E-state index is 12.9. The van der Waals surface area contributed by atoms with Crippen LogP contribution in [-0.4, -0.2) is 20.5 Å². The lowest BCUT2D eigenvalue weighted by Crippen LogP contribution is -2.15. The molecule has 5 nitrogen and oxygen atoms in total. The number of ether oxygens (including phenoxy) is 1. The van der Waals surface area contributed by atoms with Crippen LogP contribution in [0.2, 0.25) is 0 Å². The van der Waals surface area contributed by atoms with Gasteiger partial charge in [0.25, 0.3) is 10.0 Å². The minimum Gasteiger partial charge on any atom is -0.495 e. The number of hydrogen-bond acceptors (Lipinski definition) is 4. The molecule has 124 valence electrons. The average Bonchev–Trinajstić information content (AvgIpc) is 2.54. The van der Waals surface area contributed by atoms with E-state index in [2.05, 4.69) is 9.71 Å². The van der Waals surface area contributed by atoms with Gasteiger partial charge in [-0.2, -0.15) is 0 Å². The molecule has 0 saturated carbocycles. The number of nitrogens with zero attached hydrogens (tertiary/aromatic N) is 1. The van der Waals surface area contributed by atoms with Gasteiger partial charge in [-0.3, -0.25) is 9.71 Å². The summed E-state index contributed by atoms with van der Waals surface area (Å²) in [5, 5.41) is 0.881. The van der Waals surface area contributed by atoms with Crippen LogP contribution in [0.4, 0.5) is 5.69 Å². The fraction of sp³-hybridized carbons (Fsp3) is 0.167. The molecule has 2 aromatic carbocycles. The minimum absolute atomic E-state index is 0.107. The van der Waals surface area contributed by atoms with E-state index in [1.165, 1.54) is 7.11 Å². The molecule has 0 aliphatic carbocycles. The van der Waals surface area contributed by atoms with Gasteiger partial charge in [0.05, 0.1) is 18.3 Å². The van der Waals surface area contributed by atoms with Crippen LogP contribution < -0.4 is 9.46 Å². The normalized spacial score (nSPS) is 11.5. The van der Waals surface area contributed by atoms with Gasteiger partial charge in [0.15, 0.2) is 0 Å². The lowest BCUT2D eigenvalue weighted by molar-refractivity contribution is 0.402. The molecule has 1 aromatic heterocycles. The van der Waals surface area contributed by atoms with E-state index in [-0.39, 0.29) is 4.90 Å². The van der Waals surface area contributed by atoms with Gasteiger partial charge >= 0.3 is 0 Å². The number of fused-ring (bicyclic) bond motifs is 1. The fourth-order valence-electron chi connectivity index (χ4n) is 2.61. The Bertz CT molecular complexity index is 1010. The lowest BCUT2D eigenvalue weighted by atomic mass is 10.1. The molecule has 0 saturated heterocycles. The average molecular weight is 342 g/mol. The van der Waals surface area contributed by atoms with Gasteiger partial charge in [0.2, 0.25) is 0 Å². The third-order valence-corrected chi connectivity index (χ3v) is 5.09. The zero-order valence-corrected chi connectivity index (χ0v) is 14.5. The number of pyridine rings is 1. The van der Waals surface area contributed by atoms with Crippen LogP contribution in [0.15, 0.2) is 53.6 Å². The summed E-state index contributed by atoms with van der Waals surface area (Å²) < 4.78 is 33.6. The summed E-state index contributed by atoms with van der Waals surface area (Å²) in [7, 11) is -2.35. The van der Waals surface area contributed by atoms with Crippen molar-refractivity contribution < 1.29 is 13.2 Å². The Balaban J connectivity index is 2.13. The first-order valence-electron chi connectivity index (χ1n) is 7.43. The number of rotatable bonds is 4. The maximum atomic E-state index is 12.9. The molecule has 0 aliphatic heterocycles. The van der Waals surface area contributed by atoms with Crippen LogP contribution >= 0.6 is 0 Å². The molecule has 0 atom stereocenters. The summed E-state index contributed by atoms with van der Waals surface area (Å²) in [6.07, 6.45) is 1.64. The van der Waals surface area contributed by atoms with E-state index in [4.69, 9.17) is 4.74 Å². The van der Waals surface area contributed by atoms with Crippen LogP contribution in [0, 0.1) is 13.8 Å². The predicted octanol–water partition coefficient (Wildman–Crippen LogP) is 3.66. The van der Waals surface area contributed by atoms with Crippen LogP contribution in [0.3, 0.4) is 0 Å². The summed E-state index contributed by atoms with van der Waals surface area (Å²) in [5.41, 5.74) is 2.85. The van der Waals surface area contributed by atoms with Crippen molar-refractivity contribution in [3.8, 4) is 5.75 Å². The van der Waals surface area contributed by atoms with Crippen LogP contribution in [0.5, 0.6) is 5.75 Å². The minimum atomic E-state index is -3.80. The van der Waals surface area contributed by atoms with Gasteiger partial charge in [-0.15, -0.1) is 0 Å². The first kappa shape index (κ1) is 16.3. The van der Waals surface area contributed by atoms with Crippen molar-refractivity contribution in [1.82, 2.24) is 4.98 Å². The number of sulfonamides is 1. The second-order valence-electron chi connectivity index (χ2n) is 5.65. The molecule has 1 N–H and O–H groups in total. The predicted molar refractivity (Wildman–Crippen MR) is 95.0 cm³/mol. The number of aromatic nitrogens is 1. The Morgan fingerprint density at radius 3 is 2.58 bits per heavy atom. The first-order chi connectivity index (χ1) is 11.4. The second kappa shape index (κ2) is 6.13. The van der Waals surface area contributed by atoms with E-state index >= 15 is 0 Å². The summed E-state index contributed by atoms with van der Waals surface area (Å²) in [6, 6.07) is 12.5. The molecule has 1 heterocycles. The highest BCUT2D eigenvalue weighted by atomic mass is 32.2. The molecular weight excluding hydrogens is 324 g/mol. The van der Waals surface area contributed by atoms with Gasteiger partial charge in [-0.25, -0.2) is 8.42 Å². The summed E-state index contributed by atoms with van der Waals surface area (Å²) >= 11 is 0. The van der Waals surface area contributed by atoms with E-state index < -0.39 is 10.0 Å². The quantitative estimate of drug-likeness (QED) is 0.785. The van der Waals surface area contributed by atoms with Crippen molar-refractivity contribution in [3.63, 3.8) is 0 Å². The number of anilines is 1. The topological polar surface area (TPSA) is 68.3 Å². The van der Waals surface area contributed by atoms with Crippen molar-refractivity contribution in [2.75, 3.05) is 11.8 Å². The number of benzene rings is 2. The monoisotopic (exact) mass is 342 g/mol. The SMILES string of the molecule is COc1ccc(C)cc1S(=O)(=O)Nc1cc(C)cc2cccnc12. The Morgan fingerprint density at radius 2 is 1.83 bits per heavy atom. The second-order valence-corrected chi connectivity index (χ2v) is 7.30. The number of aryl methyl sites for hydroxylation is 2. The highest BCUT2D eigenvalue weighted by Gasteiger charge is 2.21. The molecule has 3 rings (SSSR count). The molecule has 0 bridgehead atoms. The Hall–Kier alpha value is -2.60. The lowest BCUT2D eigenvalue weighted by Gasteiger charge is -2.14. The molecule has 0 unspecified atom stereocenters. The molecule has 6 heteroatoms. The zero-order valence-electron chi connectivity index (χ0n) is 13.7. The van der Waals surface area contributed by atoms with E-state index in [0.29, 0.717) is 17.0 Å². The van der Waals surface area contributed by atoms with E-state index in [1.807, 2.05) is 38.1 Å². The fourth-order valence-corrected chi connectivity index (χ4v) is 3.93. The molecule has 0 aliphatic rings. The summed E-state index contributed by atoms with van der Waals surface area (Å²) in [5.74, 6) is 0.304. The van der Waals surface area contributed by atoms with Gasteiger partial charge in [-0.05, 0) is 55.3 Å². The van der Waals surface area contributed by atoms with Crippen LogP contribution in [0.1, 0.15) is 11.1 Å². The Kier molecular flexibility index (Phi) is 4.15. The number of methoxy groups -OCH3 is 1. The number of hydrogen-bond donors (Lipinski definition) is 1. The molecule has 0 radical (unpaired) electrons. The third kappa shape index (κ3) is 3.05.